The largest absolute Gasteiger partial charge is 0.356 e. The molecule has 26 heavy (non-hydrogen) atoms. The Morgan fingerprint density at radius 3 is 2.50 bits per heavy atom. The fraction of sp³-hybridized carbons (Fsp3) is 0.353. The molecule has 0 atom stereocenters. The Hall–Kier alpha value is -2.28. The molecular formula is C17H20N5O3P. The average molecular weight is 373 g/mol. The number of fused-ring (bicyclic) bond motifs is 1. The molecular weight excluding hydrogens is 353 g/mol. The minimum absolute atomic E-state index is 0.0302. The van der Waals surface area contributed by atoms with Crippen molar-refractivity contribution in [3.63, 3.8) is 0 Å². The summed E-state index contributed by atoms with van der Waals surface area (Å²) >= 11 is 0. The van der Waals surface area contributed by atoms with Gasteiger partial charge in [-0.25, -0.2) is 4.98 Å². The number of benzene rings is 1. The van der Waals surface area contributed by atoms with Crippen molar-refractivity contribution in [3.8, 4) is 0 Å². The van der Waals surface area contributed by atoms with Crippen molar-refractivity contribution in [2.24, 2.45) is 0 Å². The van der Waals surface area contributed by atoms with Crippen LogP contribution in [0.5, 0.6) is 0 Å². The van der Waals surface area contributed by atoms with Crippen LogP contribution < -0.4 is 10.2 Å². The van der Waals surface area contributed by atoms with Crippen molar-refractivity contribution in [1.29, 1.82) is 0 Å². The van der Waals surface area contributed by atoms with E-state index in [1.165, 1.54) is 18.5 Å². The van der Waals surface area contributed by atoms with Crippen molar-refractivity contribution >= 4 is 24.5 Å². The molecule has 3 heterocycles. The zero-order valence-corrected chi connectivity index (χ0v) is 15.3. The van der Waals surface area contributed by atoms with E-state index in [9.17, 15) is 14.4 Å². The second kappa shape index (κ2) is 6.46. The molecule has 1 saturated heterocycles. The van der Waals surface area contributed by atoms with E-state index in [4.69, 9.17) is 0 Å². The van der Waals surface area contributed by atoms with Crippen LogP contribution in [0.2, 0.25) is 0 Å². The van der Waals surface area contributed by atoms with Gasteiger partial charge >= 0.3 is 7.60 Å². The SMILES string of the molecule is Cc1nc2ncnn2c(N2CCCC2)c1Cc1ccc(P(=O)(O)O)cc1. The van der Waals surface area contributed by atoms with E-state index in [2.05, 4.69) is 20.0 Å². The number of anilines is 1. The molecule has 0 amide bonds. The monoisotopic (exact) mass is 373 g/mol. The molecule has 0 aliphatic carbocycles. The van der Waals surface area contributed by atoms with Gasteiger partial charge in [0.15, 0.2) is 0 Å². The summed E-state index contributed by atoms with van der Waals surface area (Å²) in [6, 6.07) is 6.49. The zero-order valence-electron chi connectivity index (χ0n) is 14.4. The van der Waals surface area contributed by atoms with Crippen LogP contribution in [0.15, 0.2) is 30.6 Å². The van der Waals surface area contributed by atoms with E-state index in [0.29, 0.717) is 12.2 Å². The predicted octanol–water partition coefficient (Wildman–Crippen LogP) is 1.43. The molecule has 1 fully saturated rings. The van der Waals surface area contributed by atoms with Gasteiger partial charge in [0.1, 0.15) is 12.1 Å². The van der Waals surface area contributed by atoms with Crippen LogP contribution in [0.3, 0.4) is 0 Å². The van der Waals surface area contributed by atoms with Gasteiger partial charge in [0.2, 0.25) is 0 Å². The molecule has 3 aromatic rings. The molecule has 2 N–H and O–H groups in total. The average Bonchev–Trinajstić information content (AvgIpc) is 3.26. The van der Waals surface area contributed by atoms with Crippen molar-refractivity contribution in [2.45, 2.75) is 26.2 Å². The second-order valence-corrected chi connectivity index (χ2v) is 8.16. The first-order chi connectivity index (χ1) is 12.4. The third-order valence-corrected chi connectivity index (χ3v) is 5.73. The van der Waals surface area contributed by atoms with E-state index in [1.807, 2.05) is 6.92 Å². The van der Waals surface area contributed by atoms with Crippen molar-refractivity contribution in [2.75, 3.05) is 18.0 Å². The fourth-order valence-electron chi connectivity index (χ4n) is 3.44. The molecule has 136 valence electrons. The van der Waals surface area contributed by atoms with Crippen LogP contribution >= 0.6 is 7.60 Å². The minimum Gasteiger partial charge on any atom is -0.356 e. The third kappa shape index (κ3) is 3.11. The number of aromatic nitrogens is 4. The molecule has 8 nitrogen and oxygen atoms in total. The summed E-state index contributed by atoms with van der Waals surface area (Å²) in [7, 11) is -4.22. The highest BCUT2D eigenvalue weighted by atomic mass is 31.2. The smallest absolute Gasteiger partial charge is 0.356 e. The van der Waals surface area contributed by atoms with Crippen molar-refractivity contribution in [3.05, 3.63) is 47.4 Å². The van der Waals surface area contributed by atoms with Crippen LogP contribution in [0, 0.1) is 6.92 Å². The summed E-state index contributed by atoms with van der Waals surface area (Å²) in [6.45, 7) is 3.92. The summed E-state index contributed by atoms with van der Waals surface area (Å²) in [6.07, 6.45) is 4.42. The Morgan fingerprint density at radius 1 is 1.15 bits per heavy atom. The van der Waals surface area contributed by atoms with Gasteiger partial charge in [0.25, 0.3) is 5.78 Å². The van der Waals surface area contributed by atoms with Gasteiger partial charge in [-0.3, -0.25) is 4.57 Å². The number of rotatable bonds is 4. The summed E-state index contributed by atoms with van der Waals surface area (Å²) in [5, 5.41) is 4.38. The molecule has 0 bridgehead atoms. The first-order valence-electron chi connectivity index (χ1n) is 8.53. The van der Waals surface area contributed by atoms with Gasteiger partial charge in [-0.05, 0) is 37.5 Å². The van der Waals surface area contributed by atoms with Crippen LogP contribution in [0.1, 0.15) is 29.7 Å². The maximum absolute atomic E-state index is 11.4. The lowest BCUT2D eigenvalue weighted by atomic mass is 10.0. The van der Waals surface area contributed by atoms with E-state index in [0.717, 1.165) is 48.6 Å². The van der Waals surface area contributed by atoms with Crippen LogP contribution in [-0.2, 0) is 11.0 Å². The Bertz CT molecular complexity index is 990. The Morgan fingerprint density at radius 2 is 1.85 bits per heavy atom. The van der Waals surface area contributed by atoms with Crippen LogP contribution in [0.4, 0.5) is 5.82 Å². The number of hydrogen-bond acceptors (Lipinski definition) is 5. The molecule has 1 aliphatic heterocycles. The van der Waals surface area contributed by atoms with Gasteiger partial charge in [0.05, 0.1) is 5.30 Å². The highest BCUT2D eigenvalue weighted by molar-refractivity contribution is 7.60. The molecule has 9 heteroatoms. The van der Waals surface area contributed by atoms with Crippen molar-refractivity contribution < 1.29 is 14.4 Å². The minimum atomic E-state index is -4.22. The quantitative estimate of drug-likeness (QED) is 0.667. The number of nitrogens with zero attached hydrogens (tertiary/aromatic N) is 5. The maximum Gasteiger partial charge on any atom is 0.356 e. The van der Waals surface area contributed by atoms with Gasteiger partial charge in [-0.2, -0.15) is 14.6 Å². The van der Waals surface area contributed by atoms with Gasteiger partial charge in [0, 0.05) is 30.8 Å². The highest BCUT2D eigenvalue weighted by Crippen LogP contribution is 2.33. The molecule has 0 unspecified atom stereocenters. The summed E-state index contributed by atoms with van der Waals surface area (Å²) < 4.78 is 13.2. The van der Waals surface area contributed by atoms with Gasteiger partial charge in [-0.15, -0.1) is 0 Å². The normalized spacial score (nSPS) is 15.1. The fourth-order valence-corrected chi connectivity index (χ4v) is 3.98. The van der Waals surface area contributed by atoms with Gasteiger partial charge in [-0.1, -0.05) is 12.1 Å². The van der Waals surface area contributed by atoms with E-state index >= 15 is 0 Å². The lowest BCUT2D eigenvalue weighted by Gasteiger charge is -2.23. The molecule has 1 aliphatic rings. The number of hydrogen-bond donors (Lipinski definition) is 2. The first kappa shape index (κ1) is 17.1. The van der Waals surface area contributed by atoms with Crippen LogP contribution in [0.25, 0.3) is 5.78 Å². The third-order valence-electron chi connectivity index (χ3n) is 4.76. The van der Waals surface area contributed by atoms with E-state index in [-0.39, 0.29) is 5.30 Å². The first-order valence-corrected chi connectivity index (χ1v) is 10.1. The lowest BCUT2D eigenvalue weighted by molar-refractivity contribution is 0.387. The summed E-state index contributed by atoms with van der Waals surface area (Å²) in [5.41, 5.74) is 2.92. The molecule has 0 spiro atoms. The Kier molecular flexibility index (Phi) is 4.26. The second-order valence-electron chi connectivity index (χ2n) is 6.55. The standard InChI is InChI=1S/C17H20N5O3P/c1-12-15(10-13-4-6-14(7-5-13)26(23,24)25)16(21-8-2-3-9-21)22-17(20-12)18-11-19-22/h4-7,11H,2-3,8-10H2,1H3,(H2,23,24,25). The topological polar surface area (TPSA) is 104 Å². The maximum atomic E-state index is 11.4. The van der Waals surface area contributed by atoms with Crippen molar-refractivity contribution in [1.82, 2.24) is 19.6 Å². The van der Waals surface area contributed by atoms with E-state index in [1.54, 1.807) is 16.6 Å². The highest BCUT2D eigenvalue weighted by Gasteiger charge is 2.23. The Balaban J connectivity index is 1.77. The Labute approximate surface area is 150 Å². The summed E-state index contributed by atoms with van der Waals surface area (Å²) in [5.74, 6) is 1.60. The van der Waals surface area contributed by atoms with E-state index < -0.39 is 7.60 Å². The molecule has 2 aromatic heterocycles. The predicted molar refractivity (Wildman–Crippen MR) is 97.9 cm³/mol. The molecule has 1 aromatic carbocycles. The van der Waals surface area contributed by atoms with Crippen LogP contribution in [-0.4, -0.2) is 42.5 Å². The van der Waals surface area contributed by atoms with Gasteiger partial charge < -0.3 is 14.7 Å². The number of aryl methyl sites for hydroxylation is 1. The molecule has 4 rings (SSSR count). The zero-order chi connectivity index (χ0) is 18.3. The molecule has 0 saturated carbocycles. The molecule has 0 radical (unpaired) electrons. The lowest BCUT2D eigenvalue weighted by Crippen LogP contribution is -2.24. The summed E-state index contributed by atoms with van der Waals surface area (Å²) in [4.78, 5) is 29.6.